The van der Waals surface area contributed by atoms with Gasteiger partial charge in [-0.1, -0.05) is 18.3 Å². The highest BCUT2D eigenvalue weighted by molar-refractivity contribution is 7.22. The minimum Gasteiger partial charge on any atom is -0.399 e. The van der Waals surface area contributed by atoms with Crippen molar-refractivity contribution in [1.82, 2.24) is 4.98 Å². The largest absolute Gasteiger partial charge is 0.399 e. The van der Waals surface area contributed by atoms with Crippen LogP contribution in [-0.4, -0.2) is 17.6 Å². The van der Waals surface area contributed by atoms with Gasteiger partial charge in [0.15, 0.2) is 5.13 Å². The first-order valence-corrected chi connectivity index (χ1v) is 7.52. The molecule has 1 atom stereocenters. The molecule has 1 unspecified atom stereocenters. The predicted molar refractivity (Wildman–Crippen MR) is 79.3 cm³/mol. The Morgan fingerprint density at radius 3 is 3.17 bits per heavy atom. The van der Waals surface area contributed by atoms with E-state index in [1.54, 1.807) is 11.3 Å². The Labute approximate surface area is 112 Å². The predicted octanol–water partition coefficient (Wildman–Crippen LogP) is 3.65. The Balaban J connectivity index is 1.97. The van der Waals surface area contributed by atoms with E-state index in [0.29, 0.717) is 6.04 Å². The van der Waals surface area contributed by atoms with Gasteiger partial charge in [-0.2, -0.15) is 0 Å². The number of rotatable bonds is 2. The number of benzene rings is 1. The van der Waals surface area contributed by atoms with Crippen LogP contribution in [0.25, 0.3) is 10.2 Å². The highest BCUT2D eigenvalue weighted by atomic mass is 32.1. The normalized spacial score (nSPS) is 20.5. The number of nitrogens with zero attached hydrogens (tertiary/aromatic N) is 2. The van der Waals surface area contributed by atoms with Crippen LogP contribution in [0.3, 0.4) is 0 Å². The number of hydrogen-bond donors (Lipinski definition) is 1. The Morgan fingerprint density at radius 1 is 1.44 bits per heavy atom. The summed E-state index contributed by atoms with van der Waals surface area (Å²) in [5, 5.41) is 1.17. The molecule has 3 rings (SSSR count). The Kier molecular flexibility index (Phi) is 3.12. The third-order valence-electron chi connectivity index (χ3n) is 3.75. The topological polar surface area (TPSA) is 42.2 Å². The van der Waals surface area contributed by atoms with Crippen molar-refractivity contribution in [2.75, 3.05) is 17.2 Å². The molecule has 0 spiro atoms. The first kappa shape index (κ1) is 11.8. The number of thiazole rings is 1. The summed E-state index contributed by atoms with van der Waals surface area (Å²) in [6.45, 7) is 3.42. The molecule has 0 radical (unpaired) electrons. The molecule has 1 fully saturated rings. The molecular weight excluding hydrogens is 242 g/mol. The number of hydrogen-bond acceptors (Lipinski definition) is 4. The zero-order valence-corrected chi connectivity index (χ0v) is 11.5. The van der Waals surface area contributed by atoms with E-state index in [2.05, 4.69) is 11.8 Å². The number of aromatic nitrogens is 1. The third kappa shape index (κ3) is 2.05. The summed E-state index contributed by atoms with van der Waals surface area (Å²) in [4.78, 5) is 7.26. The summed E-state index contributed by atoms with van der Waals surface area (Å²) in [5.74, 6) is 0. The molecule has 1 aromatic carbocycles. The standard InChI is InChI=1S/C14H19N3S/c1-2-11-5-3-4-8-17(11)14-16-12-7-6-10(15)9-13(12)18-14/h6-7,9,11H,2-5,8,15H2,1H3. The van der Waals surface area contributed by atoms with Crippen molar-refractivity contribution >= 4 is 32.4 Å². The molecule has 1 aliphatic heterocycles. The number of anilines is 2. The van der Waals surface area contributed by atoms with Crippen LogP contribution in [0.2, 0.25) is 0 Å². The SMILES string of the molecule is CCC1CCCCN1c1nc2ccc(N)cc2s1. The second-order valence-electron chi connectivity index (χ2n) is 4.97. The van der Waals surface area contributed by atoms with Crippen LogP contribution in [0.5, 0.6) is 0 Å². The number of piperidine rings is 1. The van der Waals surface area contributed by atoms with E-state index in [-0.39, 0.29) is 0 Å². The van der Waals surface area contributed by atoms with Crippen molar-refractivity contribution in [1.29, 1.82) is 0 Å². The van der Waals surface area contributed by atoms with Gasteiger partial charge in [-0.15, -0.1) is 0 Å². The molecule has 2 heterocycles. The maximum absolute atomic E-state index is 5.83. The fraction of sp³-hybridized carbons (Fsp3) is 0.500. The zero-order valence-electron chi connectivity index (χ0n) is 10.7. The van der Waals surface area contributed by atoms with E-state index in [1.165, 1.54) is 35.5 Å². The summed E-state index contributed by atoms with van der Waals surface area (Å²) < 4.78 is 1.20. The van der Waals surface area contributed by atoms with Crippen molar-refractivity contribution < 1.29 is 0 Å². The van der Waals surface area contributed by atoms with Gasteiger partial charge < -0.3 is 10.6 Å². The van der Waals surface area contributed by atoms with E-state index >= 15 is 0 Å². The first-order chi connectivity index (χ1) is 8.78. The lowest BCUT2D eigenvalue weighted by atomic mass is 10.0. The molecule has 1 saturated heterocycles. The smallest absolute Gasteiger partial charge is 0.186 e. The van der Waals surface area contributed by atoms with Crippen LogP contribution in [0.15, 0.2) is 18.2 Å². The molecule has 18 heavy (non-hydrogen) atoms. The van der Waals surface area contributed by atoms with Crippen LogP contribution >= 0.6 is 11.3 Å². The van der Waals surface area contributed by atoms with Gasteiger partial charge in [0.1, 0.15) is 0 Å². The van der Waals surface area contributed by atoms with E-state index in [4.69, 9.17) is 10.7 Å². The molecule has 0 saturated carbocycles. The van der Waals surface area contributed by atoms with Crippen LogP contribution in [0.1, 0.15) is 32.6 Å². The molecule has 1 aromatic heterocycles. The van der Waals surface area contributed by atoms with Crippen molar-refractivity contribution in [2.24, 2.45) is 0 Å². The highest BCUT2D eigenvalue weighted by Crippen LogP contribution is 2.34. The van der Waals surface area contributed by atoms with Gasteiger partial charge in [-0.25, -0.2) is 4.98 Å². The lowest BCUT2D eigenvalue weighted by molar-refractivity contribution is 0.449. The van der Waals surface area contributed by atoms with E-state index < -0.39 is 0 Å². The summed E-state index contributed by atoms with van der Waals surface area (Å²) in [6, 6.07) is 6.65. The monoisotopic (exact) mass is 261 g/mol. The molecular formula is C14H19N3S. The molecule has 0 bridgehead atoms. The molecule has 3 nitrogen and oxygen atoms in total. The highest BCUT2D eigenvalue weighted by Gasteiger charge is 2.23. The van der Waals surface area contributed by atoms with Crippen LogP contribution in [0, 0.1) is 0 Å². The average Bonchev–Trinajstić information content (AvgIpc) is 2.81. The second kappa shape index (κ2) is 4.76. The number of fused-ring (bicyclic) bond motifs is 1. The fourth-order valence-electron chi connectivity index (χ4n) is 2.73. The maximum atomic E-state index is 5.83. The molecule has 4 heteroatoms. The Hall–Kier alpha value is -1.29. The first-order valence-electron chi connectivity index (χ1n) is 6.70. The van der Waals surface area contributed by atoms with E-state index in [9.17, 15) is 0 Å². The lowest BCUT2D eigenvalue weighted by Gasteiger charge is -2.34. The van der Waals surface area contributed by atoms with Crippen molar-refractivity contribution in [3.63, 3.8) is 0 Å². The van der Waals surface area contributed by atoms with Crippen LogP contribution in [-0.2, 0) is 0 Å². The quantitative estimate of drug-likeness (QED) is 0.839. The van der Waals surface area contributed by atoms with E-state index in [1.807, 2.05) is 18.2 Å². The molecule has 96 valence electrons. The fourth-order valence-corrected chi connectivity index (χ4v) is 3.84. The van der Waals surface area contributed by atoms with Gasteiger partial charge in [0, 0.05) is 18.3 Å². The summed E-state index contributed by atoms with van der Waals surface area (Å²) in [5.41, 5.74) is 7.73. The molecule has 0 amide bonds. The van der Waals surface area contributed by atoms with Crippen LogP contribution < -0.4 is 10.6 Å². The van der Waals surface area contributed by atoms with Crippen LogP contribution in [0.4, 0.5) is 10.8 Å². The van der Waals surface area contributed by atoms with Gasteiger partial charge >= 0.3 is 0 Å². The molecule has 0 aliphatic carbocycles. The van der Waals surface area contributed by atoms with Gasteiger partial charge in [0.05, 0.1) is 10.2 Å². The zero-order chi connectivity index (χ0) is 12.5. The van der Waals surface area contributed by atoms with Crippen molar-refractivity contribution in [2.45, 2.75) is 38.6 Å². The summed E-state index contributed by atoms with van der Waals surface area (Å²) in [6.07, 6.45) is 5.15. The summed E-state index contributed by atoms with van der Waals surface area (Å²) in [7, 11) is 0. The minimum atomic E-state index is 0.664. The Bertz CT molecular complexity index is 549. The van der Waals surface area contributed by atoms with Gasteiger partial charge in [-0.05, 0) is 43.9 Å². The van der Waals surface area contributed by atoms with Gasteiger partial charge in [0.2, 0.25) is 0 Å². The summed E-state index contributed by atoms with van der Waals surface area (Å²) >= 11 is 1.77. The molecule has 1 aliphatic rings. The van der Waals surface area contributed by atoms with E-state index in [0.717, 1.165) is 17.7 Å². The molecule has 2 N–H and O–H groups in total. The van der Waals surface area contributed by atoms with Crippen molar-refractivity contribution in [3.05, 3.63) is 18.2 Å². The maximum Gasteiger partial charge on any atom is 0.186 e. The Morgan fingerprint density at radius 2 is 2.33 bits per heavy atom. The number of nitrogen functional groups attached to an aromatic ring is 1. The average molecular weight is 261 g/mol. The number of nitrogens with two attached hydrogens (primary N) is 1. The second-order valence-corrected chi connectivity index (χ2v) is 5.98. The van der Waals surface area contributed by atoms with Gasteiger partial charge in [-0.3, -0.25) is 0 Å². The van der Waals surface area contributed by atoms with Gasteiger partial charge in [0.25, 0.3) is 0 Å². The third-order valence-corrected chi connectivity index (χ3v) is 4.80. The van der Waals surface area contributed by atoms with Crippen molar-refractivity contribution in [3.8, 4) is 0 Å². The molecule has 2 aromatic rings. The minimum absolute atomic E-state index is 0.664. The lowest BCUT2D eigenvalue weighted by Crippen LogP contribution is -2.38.